The van der Waals surface area contributed by atoms with Gasteiger partial charge < -0.3 is 9.64 Å². The lowest BCUT2D eigenvalue weighted by atomic mass is 10.2. The molecule has 1 heterocycles. The van der Waals surface area contributed by atoms with Gasteiger partial charge in [0.15, 0.2) is 0 Å². The van der Waals surface area contributed by atoms with Crippen LogP contribution in [0.1, 0.15) is 0 Å². The summed E-state index contributed by atoms with van der Waals surface area (Å²) < 4.78 is 32.7. The number of benzene rings is 2. The Kier molecular flexibility index (Phi) is 3.47. The zero-order valence-electron chi connectivity index (χ0n) is 11.6. The molecule has 0 saturated carbocycles. The van der Waals surface area contributed by atoms with Crippen LogP contribution in [0.3, 0.4) is 0 Å². The maximum Gasteiger partial charge on any atom is 0.261 e. The molecule has 3 rings (SSSR count). The van der Waals surface area contributed by atoms with Crippen molar-refractivity contribution in [1.29, 1.82) is 0 Å². The molecule has 110 valence electrons. The number of anilines is 2. The predicted molar refractivity (Wildman–Crippen MR) is 82.5 cm³/mol. The van der Waals surface area contributed by atoms with E-state index in [0.29, 0.717) is 18.0 Å². The van der Waals surface area contributed by atoms with Gasteiger partial charge in [-0.1, -0.05) is 18.2 Å². The Bertz CT molecular complexity index is 745. The monoisotopic (exact) mass is 304 g/mol. The van der Waals surface area contributed by atoms with Crippen molar-refractivity contribution in [1.82, 2.24) is 0 Å². The number of nitrogens with zero attached hydrogens (tertiary/aromatic N) is 1. The summed E-state index contributed by atoms with van der Waals surface area (Å²) in [6.45, 7) is 1.42. The highest BCUT2D eigenvalue weighted by Gasteiger charge is 2.18. The maximum absolute atomic E-state index is 12.3. The fraction of sp³-hybridized carbons (Fsp3) is 0.200. The molecule has 6 heteroatoms. The maximum atomic E-state index is 12.3. The Morgan fingerprint density at radius 3 is 2.67 bits per heavy atom. The highest BCUT2D eigenvalue weighted by molar-refractivity contribution is 7.92. The van der Waals surface area contributed by atoms with Gasteiger partial charge in [0.2, 0.25) is 0 Å². The van der Waals surface area contributed by atoms with E-state index in [1.165, 1.54) is 0 Å². The van der Waals surface area contributed by atoms with Gasteiger partial charge in [0.25, 0.3) is 10.0 Å². The lowest BCUT2D eigenvalue weighted by Crippen LogP contribution is -2.28. The molecule has 0 amide bonds. The second-order valence-corrected chi connectivity index (χ2v) is 6.55. The Morgan fingerprint density at radius 2 is 1.90 bits per heavy atom. The summed E-state index contributed by atoms with van der Waals surface area (Å²) >= 11 is 0. The van der Waals surface area contributed by atoms with Gasteiger partial charge in [0.1, 0.15) is 12.4 Å². The number of hydrogen-bond donors (Lipinski definition) is 1. The zero-order chi connectivity index (χ0) is 14.9. The first-order chi connectivity index (χ1) is 10.1. The third kappa shape index (κ3) is 2.80. The number of rotatable bonds is 3. The second-order valence-electron chi connectivity index (χ2n) is 4.87. The minimum atomic E-state index is -3.57. The first kappa shape index (κ1) is 13.8. The van der Waals surface area contributed by atoms with E-state index < -0.39 is 10.0 Å². The van der Waals surface area contributed by atoms with Crippen LogP contribution in [-0.4, -0.2) is 28.6 Å². The van der Waals surface area contributed by atoms with Gasteiger partial charge in [0, 0.05) is 13.1 Å². The SMILES string of the molecule is CN1CCOc2cc(NS(=O)(=O)c3ccccc3)ccc21. The van der Waals surface area contributed by atoms with Gasteiger partial charge >= 0.3 is 0 Å². The van der Waals surface area contributed by atoms with E-state index in [1.54, 1.807) is 42.5 Å². The molecule has 1 aliphatic heterocycles. The molecule has 0 aliphatic carbocycles. The smallest absolute Gasteiger partial charge is 0.261 e. The lowest BCUT2D eigenvalue weighted by molar-refractivity contribution is 0.311. The summed E-state index contributed by atoms with van der Waals surface area (Å²) in [7, 11) is -1.59. The van der Waals surface area contributed by atoms with Gasteiger partial charge in [-0.05, 0) is 24.3 Å². The molecule has 1 aliphatic rings. The molecule has 0 fully saturated rings. The summed E-state index contributed by atoms with van der Waals surface area (Å²) in [6.07, 6.45) is 0. The molecular weight excluding hydrogens is 288 g/mol. The Hall–Kier alpha value is -2.21. The number of ether oxygens (including phenoxy) is 1. The molecule has 5 nitrogen and oxygen atoms in total. The van der Waals surface area contributed by atoms with Gasteiger partial charge in [-0.3, -0.25) is 4.72 Å². The molecule has 0 bridgehead atoms. The minimum Gasteiger partial charge on any atom is -0.489 e. The van der Waals surface area contributed by atoms with Crippen LogP contribution in [0.5, 0.6) is 5.75 Å². The predicted octanol–water partition coefficient (Wildman–Crippen LogP) is 2.32. The quantitative estimate of drug-likeness (QED) is 0.945. The third-order valence-electron chi connectivity index (χ3n) is 3.36. The Balaban J connectivity index is 1.89. The summed E-state index contributed by atoms with van der Waals surface area (Å²) in [5.74, 6) is 0.692. The summed E-state index contributed by atoms with van der Waals surface area (Å²) in [5, 5.41) is 0. The molecule has 2 aromatic rings. The van der Waals surface area contributed by atoms with Crippen molar-refractivity contribution < 1.29 is 13.2 Å². The van der Waals surface area contributed by atoms with Crippen molar-refractivity contribution in [3.63, 3.8) is 0 Å². The largest absolute Gasteiger partial charge is 0.489 e. The summed E-state index contributed by atoms with van der Waals surface area (Å²) in [6, 6.07) is 13.6. The van der Waals surface area contributed by atoms with Crippen LogP contribution >= 0.6 is 0 Å². The summed E-state index contributed by atoms with van der Waals surface area (Å²) in [5.41, 5.74) is 1.46. The average molecular weight is 304 g/mol. The fourth-order valence-corrected chi connectivity index (χ4v) is 3.31. The van der Waals surface area contributed by atoms with Crippen molar-refractivity contribution in [3.05, 3.63) is 48.5 Å². The van der Waals surface area contributed by atoms with Gasteiger partial charge in [0.05, 0.1) is 22.8 Å². The molecule has 0 unspecified atom stereocenters. The van der Waals surface area contributed by atoms with E-state index in [2.05, 4.69) is 9.62 Å². The normalized spacial score (nSPS) is 14.2. The van der Waals surface area contributed by atoms with Crippen LogP contribution < -0.4 is 14.4 Å². The van der Waals surface area contributed by atoms with Gasteiger partial charge in [-0.2, -0.15) is 0 Å². The molecule has 0 atom stereocenters. The van der Waals surface area contributed by atoms with E-state index in [-0.39, 0.29) is 4.90 Å². The number of likely N-dealkylation sites (N-methyl/N-ethyl adjacent to an activating group) is 1. The topological polar surface area (TPSA) is 58.6 Å². The zero-order valence-corrected chi connectivity index (χ0v) is 12.4. The Morgan fingerprint density at radius 1 is 1.14 bits per heavy atom. The molecular formula is C15H16N2O3S. The molecule has 0 saturated heterocycles. The molecule has 0 radical (unpaired) electrons. The first-order valence-corrected chi connectivity index (χ1v) is 8.10. The van der Waals surface area contributed by atoms with E-state index in [9.17, 15) is 8.42 Å². The molecule has 0 aromatic heterocycles. The molecule has 21 heavy (non-hydrogen) atoms. The van der Waals surface area contributed by atoms with Crippen LogP contribution in [-0.2, 0) is 10.0 Å². The minimum absolute atomic E-state index is 0.237. The first-order valence-electron chi connectivity index (χ1n) is 6.62. The van der Waals surface area contributed by atoms with E-state index in [0.717, 1.165) is 12.2 Å². The number of fused-ring (bicyclic) bond motifs is 1. The second kappa shape index (κ2) is 5.29. The lowest BCUT2D eigenvalue weighted by Gasteiger charge is -2.28. The van der Waals surface area contributed by atoms with Crippen molar-refractivity contribution in [2.24, 2.45) is 0 Å². The van der Waals surface area contributed by atoms with E-state index in [1.807, 2.05) is 13.1 Å². The van der Waals surface area contributed by atoms with E-state index in [4.69, 9.17) is 4.74 Å². The number of nitrogens with one attached hydrogen (secondary N) is 1. The van der Waals surface area contributed by atoms with Gasteiger partial charge in [-0.25, -0.2) is 8.42 Å². The Labute approximate surface area is 124 Å². The van der Waals surface area contributed by atoms with Crippen molar-refractivity contribution in [3.8, 4) is 5.75 Å². The molecule has 0 spiro atoms. The van der Waals surface area contributed by atoms with Crippen LogP contribution in [0.25, 0.3) is 0 Å². The van der Waals surface area contributed by atoms with Crippen LogP contribution in [0.2, 0.25) is 0 Å². The summed E-state index contributed by atoms with van der Waals surface area (Å²) in [4.78, 5) is 2.31. The molecule has 1 N–H and O–H groups in total. The van der Waals surface area contributed by atoms with Crippen LogP contribution in [0.15, 0.2) is 53.4 Å². The van der Waals surface area contributed by atoms with Gasteiger partial charge in [-0.15, -0.1) is 0 Å². The van der Waals surface area contributed by atoms with Crippen LogP contribution in [0, 0.1) is 0 Å². The van der Waals surface area contributed by atoms with E-state index >= 15 is 0 Å². The average Bonchev–Trinajstić information content (AvgIpc) is 2.48. The third-order valence-corrected chi connectivity index (χ3v) is 4.76. The standard InChI is InChI=1S/C15H16N2O3S/c1-17-9-10-20-15-11-12(7-8-14(15)17)16-21(18,19)13-5-3-2-4-6-13/h2-8,11,16H,9-10H2,1H3. The highest BCUT2D eigenvalue weighted by Crippen LogP contribution is 2.33. The number of sulfonamides is 1. The fourth-order valence-electron chi connectivity index (χ4n) is 2.24. The molecule has 2 aromatic carbocycles. The van der Waals surface area contributed by atoms with Crippen molar-refractivity contribution >= 4 is 21.4 Å². The van der Waals surface area contributed by atoms with Crippen molar-refractivity contribution in [2.45, 2.75) is 4.90 Å². The van der Waals surface area contributed by atoms with Crippen LogP contribution in [0.4, 0.5) is 11.4 Å². The highest BCUT2D eigenvalue weighted by atomic mass is 32.2. The number of hydrogen-bond acceptors (Lipinski definition) is 4. The van der Waals surface area contributed by atoms with Crippen molar-refractivity contribution in [2.75, 3.05) is 29.8 Å².